The lowest BCUT2D eigenvalue weighted by Gasteiger charge is -2.17. The topological polar surface area (TPSA) is 26.7 Å². The second-order valence-electron chi connectivity index (χ2n) is 4.97. The Balaban J connectivity index is 0.000000443. The van der Waals surface area contributed by atoms with E-state index in [0.717, 1.165) is 32.1 Å². The molecule has 0 spiro atoms. The third-order valence-electron chi connectivity index (χ3n) is 3.66. The third-order valence-corrected chi connectivity index (χ3v) is 3.88. The number of aliphatic hydroxyl groups excluding tert-OH is 1. The van der Waals surface area contributed by atoms with E-state index < -0.39 is 14.0 Å². The third kappa shape index (κ3) is 7.14. The van der Waals surface area contributed by atoms with Crippen LogP contribution in [0.2, 0.25) is 0 Å². The molecule has 0 radical (unpaired) electrons. The first-order valence-electron chi connectivity index (χ1n) is 9.81. The fourth-order valence-electron chi connectivity index (χ4n) is 2.55. The summed E-state index contributed by atoms with van der Waals surface area (Å²) in [5.41, 5.74) is 0. The Morgan fingerprint density at radius 2 is 1.63 bits per heavy atom. The predicted molar refractivity (Wildman–Crippen MR) is 85.6 cm³/mol. The van der Waals surface area contributed by atoms with Crippen molar-refractivity contribution in [3.05, 3.63) is 0 Å². The molecule has 5 heteroatoms. The van der Waals surface area contributed by atoms with Crippen LogP contribution in [0.1, 0.15) is 46.7 Å². The molecule has 2 fully saturated rings. The molecule has 0 amide bonds. The minimum absolute atomic E-state index is 0. The first-order valence-corrected chi connectivity index (χ1v) is 7.35. The molecule has 2 saturated heterocycles. The molecule has 2 aliphatic rings. The van der Waals surface area contributed by atoms with Crippen molar-refractivity contribution in [2.45, 2.75) is 50.6 Å². The van der Waals surface area contributed by atoms with E-state index in [1.165, 1.54) is 4.90 Å². The molecule has 0 unspecified atom stereocenters. The largest absolute Gasteiger partial charge is 0.396 e. The minimum Gasteiger partial charge on any atom is -0.396 e. The lowest BCUT2D eigenvalue weighted by molar-refractivity contribution is 0.220. The van der Waals surface area contributed by atoms with E-state index in [0.29, 0.717) is 25.4 Å². The number of hydrogen-bond donors (Lipinski definition) is 1. The number of rotatable bonds is 4. The molecule has 2 atom stereocenters. The summed E-state index contributed by atoms with van der Waals surface area (Å²) in [6.45, 7) is -2.49. The van der Waals surface area contributed by atoms with Crippen LogP contribution in [0, 0.1) is 0 Å². The average molecular weight is 319 g/mol. The summed E-state index contributed by atoms with van der Waals surface area (Å²) in [5.74, 6) is 0.553. The summed E-state index contributed by atoms with van der Waals surface area (Å²) in [6, 6.07) is 0.234. The summed E-state index contributed by atoms with van der Waals surface area (Å²) in [6.07, 6.45) is 5.17. The van der Waals surface area contributed by atoms with Gasteiger partial charge < -0.3 is 14.9 Å². The van der Waals surface area contributed by atoms with E-state index in [1.54, 1.807) is 4.90 Å². The Morgan fingerprint density at radius 3 is 2.05 bits per heavy atom. The van der Waals surface area contributed by atoms with Gasteiger partial charge in [-0.05, 0) is 65.6 Å². The van der Waals surface area contributed by atoms with Gasteiger partial charge in [-0.2, -0.15) is 0 Å². The maximum absolute atomic E-state index is 8.70. The summed E-state index contributed by atoms with van der Waals surface area (Å²) < 4.78 is 43.4. The molecule has 116 valence electrons. The highest BCUT2D eigenvalue weighted by Crippen LogP contribution is 2.17. The average Bonchev–Trinajstić information content (AvgIpc) is 3.07. The molecule has 2 aliphatic heterocycles. The Kier molecular flexibility index (Phi) is 6.51. The van der Waals surface area contributed by atoms with E-state index >= 15 is 0 Å². The van der Waals surface area contributed by atoms with Crippen molar-refractivity contribution in [3.8, 4) is 0 Å². The van der Waals surface area contributed by atoms with Crippen molar-refractivity contribution in [3.63, 3.8) is 0 Å². The standard InChI is InChI=1S/C7H14ClN.C7H15NO.ClH/c1-9-6-2-3-7(9)4-5-8;1-8-5-2-3-7(8)4-6-9;/h7H,2-6H2,1H3;7,9H,2-6H2,1H3;1H/t2*7-;/m11./s1/i2*1D3;. The molecule has 1 N–H and O–H groups in total. The van der Waals surface area contributed by atoms with Crippen molar-refractivity contribution in [1.82, 2.24) is 9.80 Å². The second-order valence-corrected chi connectivity index (χ2v) is 5.35. The molecule has 2 heterocycles. The summed E-state index contributed by atoms with van der Waals surface area (Å²) in [4.78, 5) is 3.11. The van der Waals surface area contributed by atoms with Crippen LogP contribution in [0.3, 0.4) is 0 Å². The molecule has 0 aromatic rings. The zero-order valence-corrected chi connectivity index (χ0v) is 12.9. The van der Waals surface area contributed by atoms with Crippen LogP contribution in [-0.4, -0.2) is 66.5 Å². The zero-order chi connectivity index (χ0) is 18.4. The van der Waals surface area contributed by atoms with E-state index in [9.17, 15) is 0 Å². The molecule has 0 saturated carbocycles. The summed E-state index contributed by atoms with van der Waals surface area (Å²) in [7, 11) is 0. The van der Waals surface area contributed by atoms with Gasteiger partial charge in [-0.15, -0.1) is 24.0 Å². The number of hydrogen-bond acceptors (Lipinski definition) is 3. The Labute approximate surface area is 138 Å². The zero-order valence-electron chi connectivity index (χ0n) is 17.4. The lowest BCUT2D eigenvalue weighted by Crippen LogP contribution is -2.25. The van der Waals surface area contributed by atoms with E-state index in [4.69, 9.17) is 24.9 Å². The Bertz CT molecular complexity index is 336. The van der Waals surface area contributed by atoms with Crippen molar-refractivity contribution in [2.24, 2.45) is 0 Å². The van der Waals surface area contributed by atoms with Crippen LogP contribution >= 0.6 is 24.0 Å². The molecular formula is C14H30Cl2N2O. The number of likely N-dealkylation sites (tertiary alicyclic amines) is 2. The molecule has 0 aliphatic carbocycles. The van der Waals surface area contributed by atoms with Gasteiger partial charge in [0.1, 0.15) is 0 Å². The molecule has 19 heavy (non-hydrogen) atoms. The lowest BCUT2D eigenvalue weighted by atomic mass is 10.2. The quantitative estimate of drug-likeness (QED) is 0.807. The number of alkyl halides is 1. The Morgan fingerprint density at radius 1 is 1.11 bits per heavy atom. The fourth-order valence-corrected chi connectivity index (χ4v) is 2.80. The Hall–Kier alpha value is 0.460. The van der Waals surface area contributed by atoms with Gasteiger partial charge in [0, 0.05) is 32.8 Å². The molecule has 0 aromatic carbocycles. The van der Waals surface area contributed by atoms with Crippen LogP contribution in [0.25, 0.3) is 0 Å². The number of aliphatic hydroxyl groups is 1. The van der Waals surface area contributed by atoms with Crippen molar-refractivity contribution in [2.75, 3.05) is 39.5 Å². The van der Waals surface area contributed by atoms with Gasteiger partial charge in [-0.3, -0.25) is 0 Å². The van der Waals surface area contributed by atoms with E-state index in [2.05, 4.69) is 0 Å². The van der Waals surface area contributed by atoms with Gasteiger partial charge in [-0.1, -0.05) is 0 Å². The highest BCUT2D eigenvalue weighted by atomic mass is 35.5. The van der Waals surface area contributed by atoms with Gasteiger partial charge in [-0.25, -0.2) is 0 Å². The molecule has 2 rings (SSSR count). The number of nitrogens with zero attached hydrogens (tertiary/aromatic N) is 2. The second kappa shape index (κ2) is 11.2. The first-order chi connectivity index (χ1) is 11.1. The van der Waals surface area contributed by atoms with Gasteiger partial charge in [0.15, 0.2) is 0 Å². The van der Waals surface area contributed by atoms with Gasteiger partial charge in [0.05, 0.1) is 0 Å². The van der Waals surface area contributed by atoms with Crippen molar-refractivity contribution < 1.29 is 13.3 Å². The maximum atomic E-state index is 8.70. The van der Waals surface area contributed by atoms with Crippen LogP contribution in [0.4, 0.5) is 0 Å². The highest BCUT2D eigenvalue weighted by Gasteiger charge is 2.19. The van der Waals surface area contributed by atoms with E-state index in [-0.39, 0.29) is 31.1 Å². The molecule has 3 nitrogen and oxygen atoms in total. The van der Waals surface area contributed by atoms with Gasteiger partial charge in [0.2, 0.25) is 0 Å². The van der Waals surface area contributed by atoms with Gasteiger partial charge in [0.25, 0.3) is 0 Å². The predicted octanol–water partition coefficient (Wildman–Crippen LogP) is 2.59. The maximum Gasteiger partial charge on any atom is 0.0445 e. The molecule has 0 bridgehead atoms. The summed E-state index contributed by atoms with van der Waals surface area (Å²) >= 11 is 5.59. The SMILES string of the molecule is Cl.[2H]C([2H])([2H])N1CCC[C@@H]1CCCl.[2H]C([2H])([2H])N1CCC[C@@H]1CCO. The van der Waals surface area contributed by atoms with Crippen LogP contribution in [0.5, 0.6) is 0 Å². The van der Waals surface area contributed by atoms with Crippen molar-refractivity contribution >= 4 is 24.0 Å². The van der Waals surface area contributed by atoms with Crippen LogP contribution in [-0.2, 0) is 0 Å². The molecule has 0 aromatic heterocycles. The number of halogens is 2. The van der Waals surface area contributed by atoms with Crippen LogP contribution in [0.15, 0.2) is 0 Å². The van der Waals surface area contributed by atoms with E-state index in [1.807, 2.05) is 0 Å². The summed E-state index contributed by atoms with van der Waals surface area (Å²) in [5, 5.41) is 8.70. The highest BCUT2D eigenvalue weighted by molar-refractivity contribution is 6.17. The smallest absolute Gasteiger partial charge is 0.0445 e. The van der Waals surface area contributed by atoms with Gasteiger partial charge >= 0.3 is 0 Å². The molecular weight excluding hydrogens is 283 g/mol. The first kappa shape index (κ1) is 11.1. The normalized spacial score (nSPS) is 33.8. The van der Waals surface area contributed by atoms with Crippen LogP contribution < -0.4 is 0 Å². The fraction of sp³-hybridized carbons (Fsp3) is 1.00. The van der Waals surface area contributed by atoms with Crippen molar-refractivity contribution in [1.29, 1.82) is 0 Å². The monoisotopic (exact) mass is 318 g/mol. The minimum atomic E-state index is -1.98.